The average molecular weight is 354 g/mol. The molecule has 2 atom stereocenters. The number of aliphatic hydroxyl groups is 1. The van der Waals surface area contributed by atoms with E-state index in [2.05, 4.69) is 35.0 Å². The standard InChI is InChI=1S/C17H24BrNO2/c1-12(14-3-5-16(18)6-4-14)11-17(21)19-9-7-15(8-10-19)13(2)20/h3-6,12-13,15,20H,7-11H2,1-2H3. The van der Waals surface area contributed by atoms with Gasteiger partial charge in [-0.2, -0.15) is 0 Å². The van der Waals surface area contributed by atoms with Gasteiger partial charge in [0.2, 0.25) is 5.91 Å². The third-order valence-electron chi connectivity index (χ3n) is 4.49. The lowest BCUT2D eigenvalue weighted by molar-refractivity contribution is -0.133. The molecule has 0 aliphatic carbocycles. The Hall–Kier alpha value is -0.870. The van der Waals surface area contributed by atoms with Gasteiger partial charge in [-0.25, -0.2) is 0 Å². The van der Waals surface area contributed by atoms with E-state index in [1.807, 2.05) is 24.0 Å². The van der Waals surface area contributed by atoms with Crippen LogP contribution in [0, 0.1) is 5.92 Å². The zero-order chi connectivity index (χ0) is 15.4. The monoisotopic (exact) mass is 353 g/mol. The summed E-state index contributed by atoms with van der Waals surface area (Å²) in [4.78, 5) is 14.3. The van der Waals surface area contributed by atoms with Crippen molar-refractivity contribution >= 4 is 21.8 Å². The van der Waals surface area contributed by atoms with Crippen LogP contribution in [-0.2, 0) is 4.79 Å². The van der Waals surface area contributed by atoms with Gasteiger partial charge in [-0.05, 0) is 49.3 Å². The molecule has 1 saturated heterocycles. The highest BCUT2D eigenvalue weighted by atomic mass is 79.9. The molecule has 116 valence electrons. The maximum Gasteiger partial charge on any atom is 0.223 e. The third-order valence-corrected chi connectivity index (χ3v) is 5.02. The Bertz CT molecular complexity index is 464. The summed E-state index contributed by atoms with van der Waals surface area (Å²) in [5, 5.41) is 9.61. The van der Waals surface area contributed by atoms with E-state index in [-0.39, 0.29) is 17.9 Å². The second kappa shape index (κ2) is 7.41. The van der Waals surface area contributed by atoms with Crippen molar-refractivity contribution in [3.8, 4) is 0 Å². The highest BCUT2D eigenvalue weighted by molar-refractivity contribution is 9.10. The first-order valence-corrected chi connectivity index (χ1v) is 8.48. The van der Waals surface area contributed by atoms with Gasteiger partial charge in [0.25, 0.3) is 0 Å². The lowest BCUT2D eigenvalue weighted by atomic mass is 9.91. The van der Waals surface area contributed by atoms with Crippen molar-refractivity contribution in [2.75, 3.05) is 13.1 Å². The molecule has 0 bridgehead atoms. The highest BCUT2D eigenvalue weighted by Crippen LogP contribution is 2.25. The van der Waals surface area contributed by atoms with Gasteiger partial charge < -0.3 is 10.0 Å². The minimum Gasteiger partial charge on any atom is -0.393 e. The summed E-state index contributed by atoms with van der Waals surface area (Å²) in [5.41, 5.74) is 1.20. The minimum atomic E-state index is -0.260. The molecule has 0 spiro atoms. The van der Waals surface area contributed by atoms with E-state index in [0.29, 0.717) is 12.3 Å². The number of amides is 1. The van der Waals surface area contributed by atoms with Crippen molar-refractivity contribution < 1.29 is 9.90 Å². The SMILES string of the molecule is CC(CC(=O)N1CCC(C(C)O)CC1)c1ccc(Br)cc1. The Morgan fingerprint density at radius 2 is 1.86 bits per heavy atom. The van der Waals surface area contributed by atoms with E-state index in [4.69, 9.17) is 0 Å². The Morgan fingerprint density at radius 1 is 1.29 bits per heavy atom. The summed E-state index contributed by atoms with van der Waals surface area (Å²) < 4.78 is 1.06. The topological polar surface area (TPSA) is 40.5 Å². The Morgan fingerprint density at radius 3 is 2.38 bits per heavy atom. The number of aliphatic hydroxyl groups excluding tert-OH is 1. The fourth-order valence-corrected chi connectivity index (χ4v) is 3.20. The van der Waals surface area contributed by atoms with Gasteiger partial charge in [0.15, 0.2) is 0 Å². The van der Waals surface area contributed by atoms with Crippen molar-refractivity contribution in [3.63, 3.8) is 0 Å². The van der Waals surface area contributed by atoms with Crippen molar-refractivity contribution in [2.24, 2.45) is 5.92 Å². The first-order valence-electron chi connectivity index (χ1n) is 7.68. The van der Waals surface area contributed by atoms with Crippen LogP contribution >= 0.6 is 15.9 Å². The number of rotatable bonds is 4. The van der Waals surface area contributed by atoms with Crippen molar-refractivity contribution in [1.82, 2.24) is 4.90 Å². The van der Waals surface area contributed by atoms with E-state index < -0.39 is 0 Å². The number of hydrogen-bond donors (Lipinski definition) is 1. The smallest absolute Gasteiger partial charge is 0.223 e. The van der Waals surface area contributed by atoms with Crippen LogP contribution in [0.5, 0.6) is 0 Å². The third kappa shape index (κ3) is 4.55. The number of benzene rings is 1. The van der Waals surface area contributed by atoms with Crippen LogP contribution in [0.4, 0.5) is 0 Å². The fraction of sp³-hybridized carbons (Fsp3) is 0.588. The van der Waals surface area contributed by atoms with Crippen LogP contribution in [0.1, 0.15) is 44.6 Å². The number of nitrogens with zero attached hydrogens (tertiary/aromatic N) is 1. The van der Waals surface area contributed by atoms with Crippen LogP contribution in [0.25, 0.3) is 0 Å². The van der Waals surface area contributed by atoms with Gasteiger partial charge in [-0.3, -0.25) is 4.79 Å². The molecule has 2 unspecified atom stereocenters. The average Bonchev–Trinajstić information content (AvgIpc) is 2.47. The van der Waals surface area contributed by atoms with Crippen molar-refractivity contribution in [2.45, 2.75) is 45.1 Å². The quantitative estimate of drug-likeness (QED) is 0.898. The van der Waals surface area contributed by atoms with Crippen molar-refractivity contribution in [3.05, 3.63) is 34.3 Å². The predicted octanol–water partition coefficient (Wildman–Crippen LogP) is 3.56. The number of hydrogen-bond acceptors (Lipinski definition) is 2. The highest BCUT2D eigenvalue weighted by Gasteiger charge is 2.26. The van der Waals surface area contributed by atoms with E-state index >= 15 is 0 Å². The first-order chi connectivity index (χ1) is 9.97. The van der Waals surface area contributed by atoms with Crippen LogP contribution in [0.15, 0.2) is 28.7 Å². The summed E-state index contributed by atoms with van der Waals surface area (Å²) in [7, 11) is 0. The van der Waals surface area contributed by atoms with Gasteiger partial charge in [0, 0.05) is 24.0 Å². The van der Waals surface area contributed by atoms with Crippen molar-refractivity contribution in [1.29, 1.82) is 0 Å². The number of likely N-dealkylation sites (tertiary alicyclic amines) is 1. The summed E-state index contributed by atoms with van der Waals surface area (Å²) in [6, 6.07) is 8.18. The molecule has 1 N–H and O–H groups in total. The predicted molar refractivity (Wildman–Crippen MR) is 88.2 cm³/mol. The normalized spacial score (nSPS) is 19.3. The molecule has 2 rings (SSSR count). The molecule has 0 aromatic heterocycles. The van der Waals surface area contributed by atoms with E-state index in [1.165, 1.54) is 5.56 Å². The van der Waals surface area contributed by atoms with Gasteiger partial charge in [-0.1, -0.05) is 35.0 Å². The van der Waals surface area contributed by atoms with Gasteiger partial charge in [0.05, 0.1) is 6.10 Å². The van der Waals surface area contributed by atoms with Gasteiger partial charge in [0.1, 0.15) is 0 Å². The van der Waals surface area contributed by atoms with Crippen LogP contribution < -0.4 is 0 Å². The minimum absolute atomic E-state index is 0.231. The lowest BCUT2D eigenvalue weighted by Crippen LogP contribution is -2.41. The second-order valence-corrected chi connectivity index (χ2v) is 7.03. The summed E-state index contributed by atoms with van der Waals surface area (Å²) in [6.45, 7) is 5.50. The molecule has 1 amide bonds. The molecule has 1 aliphatic heterocycles. The fourth-order valence-electron chi connectivity index (χ4n) is 2.93. The van der Waals surface area contributed by atoms with Gasteiger partial charge in [-0.15, -0.1) is 0 Å². The molecular weight excluding hydrogens is 330 g/mol. The molecule has 1 heterocycles. The maximum absolute atomic E-state index is 12.4. The number of carbonyl (C=O) groups is 1. The Kier molecular flexibility index (Phi) is 5.82. The molecule has 0 radical (unpaired) electrons. The van der Waals surface area contributed by atoms with Crippen LogP contribution in [-0.4, -0.2) is 35.1 Å². The van der Waals surface area contributed by atoms with E-state index in [0.717, 1.165) is 30.4 Å². The maximum atomic E-state index is 12.4. The largest absolute Gasteiger partial charge is 0.393 e. The molecular formula is C17H24BrNO2. The number of piperidine rings is 1. The summed E-state index contributed by atoms with van der Waals surface area (Å²) >= 11 is 3.43. The lowest BCUT2D eigenvalue weighted by Gasteiger charge is -2.33. The Labute approximate surface area is 135 Å². The second-order valence-electron chi connectivity index (χ2n) is 6.12. The summed E-state index contributed by atoms with van der Waals surface area (Å²) in [5.74, 6) is 0.812. The summed E-state index contributed by atoms with van der Waals surface area (Å²) in [6.07, 6.45) is 2.12. The molecule has 1 fully saturated rings. The molecule has 1 aromatic carbocycles. The number of carbonyl (C=O) groups excluding carboxylic acids is 1. The molecule has 1 aliphatic rings. The van der Waals surface area contributed by atoms with E-state index in [9.17, 15) is 9.90 Å². The van der Waals surface area contributed by atoms with Gasteiger partial charge >= 0.3 is 0 Å². The van der Waals surface area contributed by atoms with E-state index in [1.54, 1.807) is 0 Å². The zero-order valence-electron chi connectivity index (χ0n) is 12.8. The molecule has 3 nitrogen and oxygen atoms in total. The molecule has 0 saturated carbocycles. The number of halogens is 1. The molecule has 21 heavy (non-hydrogen) atoms. The molecule has 4 heteroatoms. The zero-order valence-corrected chi connectivity index (χ0v) is 14.3. The van der Waals surface area contributed by atoms with Crippen LogP contribution in [0.3, 0.4) is 0 Å². The molecule has 1 aromatic rings. The Balaban J connectivity index is 1.86. The van der Waals surface area contributed by atoms with Crippen LogP contribution in [0.2, 0.25) is 0 Å². The first kappa shape index (κ1) is 16.5.